The molecule has 5 nitrogen and oxygen atoms in total. The van der Waals surface area contributed by atoms with Gasteiger partial charge in [0, 0.05) is 52.7 Å². The average molecular weight is 475 g/mol. The van der Waals surface area contributed by atoms with Crippen LogP contribution in [0.5, 0.6) is 5.75 Å². The molecule has 1 fully saturated rings. The number of nitrogens with zero attached hydrogens (tertiary/aromatic N) is 2. The Kier molecular flexibility index (Phi) is 11.7. The van der Waals surface area contributed by atoms with Crippen LogP contribution >= 0.6 is 24.0 Å². The van der Waals surface area contributed by atoms with Crippen molar-refractivity contribution in [3.8, 4) is 5.75 Å². The maximum atomic E-state index is 6.06. The topological polar surface area (TPSA) is 46.1 Å². The van der Waals surface area contributed by atoms with Crippen molar-refractivity contribution < 1.29 is 9.47 Å². The number of halogens is 1. The zero-order valence-corrected chi connectivity index (χ0v) is 18.6. The second kappa shape index (κ2) is 13.2. The molecule has 26 heavy (non-hydrogen) atoms. The molecule has 0 radical (unpaired) electrons. The molecule has 148 valence electrons. The minimum Gasteiger partial charge on any atom is -0.490 e. The van der Waals surface area contributed by atoms with Crippen molar-refractivity contribution in [1.82, 2.24) is 10.2 Å². The van der Waals surface area contributed by atoms with Crippen LogP contribution in [0.3, 0.4) is 0 Å². The van der Waals surface area contributed by atoms with Gasteiger partial charge in [-0.3, -0.25) is 4.99 Å². The van der Waals surface area contributed by atoms with E-state index in [0.717, 1.165) is 63.8 Å². The molecular weight excluding hydrogens is 441 g/mol. The van der Waals surface area contributed by atoms with Crippen LogP contribution in [-0.4, -0.2) is 56.9 Å². The Labute approximate surface area is 175 Å². The van der Waals surface area contributed by atoms with Crippen molar-refractivity contribution in [3.05, 3.63) is 30.3 Å². The van der Waals surface area contributed by atoms with E-state index < -0.39 is 0 Å². The first-order chi connectivity index (χ1) is 12.2. The fourth-order valence-corrected chi connectivity index (χ4v) is 2.90. The molecule has 1 aromatic rings. The highest BCUT2D eigenvalue weighted by atomic mass is 127. The summed E-state index contributed by atoms with van der Waals surface area (Å²) in [6, 6.07) is 10.1. The van der Waals surface area contributed by atoms with Gasteiger partial charge in [0.1, 0.15) is 11.9 Å². The van der Waals surface area contributed by atoms with Gasteiger partial charge in [-0.2, -0.15) is 0 Å². The van der Waals surface area contributed by atoms with Crippen LogP contribution < -0.4 is 10.1 Å². The molecule has 0 amide bonds. The van der Waals surface area contributed by atoms with Crippen molar-refractivity contribution in [2.24, 2.45) is 10.9 Å². The van der Waals surface area contributed by atoms with Crippen LogP contribution in [-0.2, 0) is 4.74 Å². The molecule has 0 spiro atoms. The lowest BCUT2D eigenvalue weighted by atomic mass is 10.1. The summed E-state index contributed by atoms with van der Waals surface area (Å²) in [6.45, 7) is 8.82. The minimum absolute atomic E-state index is 0. The van der Waals surface area contributed by atoms with E-state index in [0.29, 0.717) is 12.0 Å². The summed E-state index contributed by atoms with van der Waals surface area (Å²) in [5, 5.41) is 3.45. The minimum atomic E-state index is 0. The highest BCUT2D eigenvalue weighted by molar-refractivity contribution is 14.0. The Morgan fingerprint density at radius 1 is 1.23 bits per heavy atom. The number of benzene rings is 1. The number of nitrogens with one attached hydrogen (secondary N) is 1. The molecule has 0 aromatic heterocycles. The Balaban J connectivity index is 0.00000338. The summed E-state index contributed by atoms with van der Waals surface area (Å²) in [5.74, 6) is 2.55. The summed E-state index contributed by atoms with van der Waals surface area (Å²) in [4.78, 5) is 6.74. The quantitative estimate of drug-likeness (QED) is 0.269. The van der Waals surface area contributed by atoms with Gasteiger partial charge < -0.3 is 19.7 Å². The molecule has 0 saturated carbocycles. The van der Waals surface area contributed by atoms with Crippen molar-refractivity contribution in [2.45, 2.75) is 39.2 Å². The van der Waals surface area contributed by atoms with Gasteiger partial charge in [0.2, 0.25) is 0 Å². The van der Waals surface area contributed by atoms with E-state index in [4.69, 9.17) is 9.47 Å². The lowest BCUT2D eigenvalue weighted by Gasteiger charge is -2.34. The number of hydrogen-bond acceptors (Lipinski definition) is 3. The molecule has 1 aliphatic heterocycles. The number of hydrogen-bond donors (Lipinski definition) is 1. The number of rotatable bonds is 8. The van der Waals surface area contributed by atoms with Crippen molar-refractivity contribution in [2.75, 3.05) is 39.9 Å². The summed E-state index contributed by atoms with van der Waals surface area (Å²) in [5.41, 5.74) is 0. The monoisotopic (exact) mass is 475 g/mol. The number of likely N-dealkylation sites (tertiary alicyclic amines) is 1. The normalized spacial score (nSPS) is 15.7. The summed E-state index contributed by atoms with van der Waals surface area (Å²) in [7, 11) is 1.85. The van der Waals surface area contributed by atoms with Crippen LogP contribution in [0.15, 0.2) is 35.3 Å². The second-order valence-corrected chi connectivity index (χ2v) is 6.91. The Hall–Kier alpha value is -1.02. The van der Waals surface area contributed by atoms with Crippen LogP contribution in [0, 0.1) is 5.92 Å². The van der Waals surface area contributed by atoms with Gasteiger partial charge in [-0.15, -0.1) is 24.0 Å². The van der Waals surface area contributed by atoms with E-state index in [9.17, 15) is 0 Å². The number of aliphatic imine (C=N–C) groups is 1. The third kappa shape index (κ3) is 8.58. The van der Waals surface area contributed by atoms with Gasteiger partial charge in [0.15, 0.2) is 5.96 Å². The number of piperidine rings is 1. The predicted octanol–water partition coefficient (Wildman–Crippen LogP) is 3.79. The standard InChI is InChI=1S/C20H33N3O2.HI/c1-17(2)16-24-15-7-12-22-20(21-3)23-13-10-19(11-14-23)25-18-8-5-4-6-9-18;/h4-6,8-9,17,19H,7,10-16H2,1-3H3,(H,21,22);1H. The molecule has 1 heterocycles. The molecule has 1 aliphatic rings. The highest BCUT2D eigenvalue weighted by Crippen LogP contribution is 2.18. The Bertz CT molecular complexity index is 503. The Morgan fingerprint density at radius 2 is 1.92 bits per heavy atom. The number of ether oxygens (including phenoxy) is 2. The smallest absolute Gasteiger partial charge is 0.193 e. The van der Waals surface area contributed by atoms with Crippen molar-refractivity contribution >= 4 is 29.9 Å². The van der Waals surface area contributed by atoms with Gasteiger partial charge >= 0.3 is 0 Å². The van der Waals surface area contributed by atoms with Crippen LogP contribution in [0.1, 0.15) is 33.1 Å². The Morgan fingerprint density at radius 3 is 2.54 bits per heavy atom. The lowest BCUT2D eigenvalue weighted by Crippen LogP contribution is -2.47. The zero-order valence-electron chi connectivity index (χ0n) is 16.3. The first-order valence-electron chi connectivity index (χ1n) is 9.44. The first-order valence-corrected chi connectivity index (χ1v) is 9.44. The van der Waals surface area contributed by atoms with Crippen LogP contribution in [0.25, 0.3) is 0 Å². The first kappa shape index (κ1) is 23.0. The fourth-order valence-electron chi connectivity index (χ4n) is 2.90. The average Bonchev–Trinajstić information content (AvgIpc) is 2.63. The lowest BCUT2D eigenvalue weighted by molar-refractivity contribution is 0.108. The largest absolute Gasteiger partial charge is 0.490 e. The molecule has 6 heteroatoms. The molecule has 0 bridgehead atoms. The predicted molar refractivity (Wildman–Crippen MR) is 119 cm³/mol. The molecule has 1 aromatic carbocycles. The molecule has 1 saturated heterocycles. The van der Waals surface area contributed by atoms with E-state index in [1.165, 1.54) is 0 Å². The maximum absolute atomic E-state index is 6.06. The van der Waals surface area contributed by atoms with E-state index >= 15 is 0 Å². The molecule has 1 N–H and O–H groups in total. The van der Waals surface area contributed by atoms with Crippen molar-refractivity contribution in [1.29, 1.82) is 0 Å². The third-order valence-electron chi connectivity index (χ3n) is 4.20. The van der Waals surface area contributed by atoms with Gasteiger partial charge in [0.25, 0.3) is 0 Å². The SMILES string of the molecule is CN=C(NCCCOCC(C)C)N1CCC(Oc2ccccc2)CC1.I. The van der Waals surface area contributed by atoms with Crippen LogP contribution in [0.4, 0.5) is 0 Å². The van der Waals surface area contributed by atoms with Crippen LogP contribution in [0.2, 0.25) is 0 Å². The van der Waals surface area contributed by atoms with E-state index in [2.05, 4.69) is 29.1 Å². The number of guanidine groups is 1. The van der Waals surface area contributed by atoms with Gasteiger partial charge in [0.05, 0.1) is 0 Å². The van der Waals surface area contributed by atoms with Crippen molar-refractivity contribution in [3.63, 3.8) is 0 Å². The zero-order chi connectivity index (χ0) is 17.9. The summed E-state index contributed by atoms with van der Waals surface area (Å²) in [6.07, 6.45) is 3.33. The second-order valence-electron chi connectivity index (χ2n) is 6.91. The van der Waals surface area contributed by atoms with Gasteiger partial charge in [-0.05, 0) is 24.5 Å². The molecule has 0 atom stereocenters. The molecule has 0 aliphatic carbocycles. The summed E-state index contributed by atoms with van der Waals surface area (Å²) >= 11 is 0. The molecule has 0 unspecified atom stereocenters. The maximum Gasteiger partial charge on any atom is 0.193 e. The van der Waals surface area contributed by atoms with E-state index in [1.54, 1.807) is 0 Å². The molecule has 2 rings (SSSR count). The third-order valence-corrected chi connectivity index (χ3v) is 4.20. The fraction of sp³-hybridized carbons (Fsp3) is 0.650. The van der Waals surface area contributed by atoms with E-state index in [-0.39, 0.29) is 24.0 Å². The van der Waals surface area contributed by atoms with Gasteiger partial charge in [-0.25, -0.2) is 0 Å². The number of para-hydroxylation sites is 1. The summed E-state index contributed by atoms with van der Waals surface area (Å²) < 4.78 is 11.7. The van der Waals surface area contributed by atoms with E-state index in [1.807, 2.05) is 37.4 Å². The molecular formula is C20H34IN3O2. The van der Waals surface area contributed by atoms with Gasteiger partial charge in [-0.1, -0.05) is 32.0 Å². The highest BCUT2D eigenvalue weighted by Gasteiger charge is 2.22.